The third-order valence-corrected chi connectivity index (χ3v) is 1.84. The van der Waals surface area contributed by atoms with Crippen LogP contribution in [0.2, 0.25) is 0 Å². The topological polar surface area (TPSA) is 56.7 Å². The molecule has 0 saturated carbocycles. The summed E-state index contributed by atoms with van der Waals surface area (Å²) < 4.78 is 1.72. The maximum absolute atomic E-state index is 5.51. The van der Waals surface area contributed by atoms with Crippen molar-refractivity contribution in [1.29, 1.82) is 0 Å². The van der Waals surface area contributed by atoms with Gasteiger partial charge < -0.3 is 5.73 Å². The van der Waals surface area contributed by atoms with E-state index in [1.807, 2.05) is 25.3 Å². The minimum Gasteiger partial charge on any atom is -0.382 e. The van der Waals surface area contributed by atoms with Gasteiger partial charge in [0.2, 0.25) is 0 Å². The molecule has 0 unspecified atom stereocenters. The van der Waals surface area contributed by atoms with Crippen molar-refractivity contribution in [2.75, 3.05) is 5.73 Å². The lowest BCUT2D eigenvalue weighted by molar-refractivity contribution is 0.866. The van der Waals surface area contributed by atoms with Crippen molar-refractivity contribution in [3.05, 3.63) is 36.3 Å². The standard InChI is InChI=1S/C9H10N4/c1-7-8(3-2-5-11-7)13-6-4-9(10)12-13/h2-6H,1H3,(H2,10,12). The van der Waals surface area contributed by atoms with Gasteiger partial charge in [-0.3, -0.25) is 4.98 Å². The molecule has 2 N–H and O–H groups in total. The van der Waals surface area contributed by atoms with Crippen molar-refractivity contribution in [2.24, 2.45) is 0 Å². The molecule has 2 heterocycles. The van der Waals surface area contributed by atoms with E-state index in [4.69, 9.17) is 5.73 Å². The Morgan fingerprint density at radius 3 is 2.85 bits per heavy atom. The van der Waals surface area contributed by atoms with Gasteiger partial charge in [0.05, 0.1) is 11.4 Å². The summed E-state index contributed by atoms with van der Waals surface area (Å²) in [4.78, 5) is 4.16. The van der Waals surface area contributed by atoms with Gasteiger partial charge in [-0.05, 0) is 19.1 Å². The Morgan fingerprint density at radius 2 is 2.23 bits per heavy atom. The highest BCUT2D eigenvalue weighted by Crippen LogP contribution is 2.10. The number of pyridine rings is 1. The fourth-order valence-electron chi connectivity index (χ4n) is 1.19. The highest BCUT2D eigenvalue weighted by atomic mass is 15.3. The van der Waals surface area contributed by atoms with E-state index in [2.05, 4.69) is 10.1 Å². The maximum Gasteiger partial charge on any atom is 0.145 e. The highest BCUT2D eigenvalue weighted by Gasteiger charge is 2.01. The summed E-state index contributed by atoms with van der Waals surface area (Å²) in [6.45, 7) is 1.94. The van der Waals surface area contributed by atoms with E-state index in [0.717, 1.165) is 11.4 Å². The first-order valence-electron chi connectivity index (χ1n) is 4.00. The van der Waals surface area contributed by atoms with Crippen LogP contribution in [0.15, 0.2) is 30.6 Å². The first-order chi connectivity index (χ1) is 6.27. The van der Waals surface area contributed by atoms with Crippen LogP contribution in [0.3, 0.4) is 0 Å². The molecule has 2 aromatic heterocycles. The predicted molar refractivity (Wildman–Crippen MR) is 50.5 cm³/mol. The van der Waals surface area contributed by atoms with E-state index in [1.165, 1.54) is 0 Å². The van der Waals surface area contributed by atoms with Crippen molar-refractivity contribution in [3.63, 3.8) is 0 Å². The second-order valence-electron chi connectivity index (χ2n) is 2.79. The smallest absolute Gasteiger partial charge is 0.145 e. The molecule has 0 atom stereocenters. The average Bonchev–Trinajstić information content (AvgIpc) is 2.53. The Hall–Kier alpha value is -1.84. The molecule has 0 amide bonds. The van der Waals surface area contributed by atoms with Crippen LogP contribution >= 0.6 is 0 Å². The monoisotopic (exact) mass is 174 g/mol. The first kappa shape index (κ1) is 7.79. The molecule has 13 heavy (non-hydrogen) atoms. The summed E-state index contributed by atoms with van der Waals surface area (Å²) in [5, 5.41) is 4.10. The molecule has 0 saturated heterocycles. The number of nitrogens with zero attached hydrogens (tertiary/aromatic N) is 3. The third-order valence-electron chi connectivity index (χ3n) is 1.84. The Morgan fingerprint density at radius 1 is 1.38 bits per heavy atom. The molecule has 0 aromatic carbocycles. The van der Waals surface area contributed by atoms with Gasteiger partial charge in [-0.25, -0.2) is 4.68 Å². The normalized spacial score (nSPS) is 10.2. The van der Waals surface area contributed by atoms with Gasteiger partial charge in [0.15, 0.2) is 0 Å². The number of aryl methyl sites for hydroxylation is 1. The molecule has 4 nitrogen and oxygen atoms in total. The van der Waals surface area contributed by atoms with E-state index >= 15 is 0 Å². The molecule has 0 bridgehead atoms. The molecule has 0 spiro atoms. The average molecular weight is 174 g/mol. The van der Waals surface area contributed by atoms with Crippen LogP contribution in [0.1, 0.15) is 5.69 Å². The van der Waals surface area contributed by atoms with Crippen molar-refractivity contribution in [2.45, 2.75) is 6.92 Å². The van der Waals surface area contributed by atoms with Crippen LogP contribution in [0.5, 0.6) is 0 Å². The molecule has 0 fully saturated rings. The minimum absolute atomic E-state index is 0.517. The van der Waals surface area contributed by atoms with E-state index < -0.39 is 0 Å². The molecular formula is C9H10N4. The van der Waals surface area contributed by atoms with Crippen LogP contribution in [0.4, 0.5) is 5.82 Å². The van der Waals surface area contributed by atoms with Crippen LogP contribution in [0.25, 0.3) is 5.69 Å². The Labute approximate surface area is 76.0 Å². The van der Waals surface area contributed by atoms with E-state index in [0.29, 0.717) is 5.82 Å². The van der Waals surface area contributed by atoms with Crippen LogP contribution < -0.4 is 5.73 Å². The van der Waals surface area contributed by atoms with E-state index in [-0.39, 0.29) is 0 Å². The molecule has 0 radical (unpaired) electrons. The van der Waals surface area contributed by atoms with Gasteiger partial charge in [-0.1, -0.05) is 0 Å². The Balaban J connectivity index is 2.52. The molecule has 4 heteroatoms. The largest absolute Gasteiger partial charge is 0.382 e. The maximum atomic E-state index is 5.51. The fraction of sp³-hybridized carbons (Fsp3) is 0.111. The van der Waals surface area contributed by atoms with Crippen LogP contribution in [-0.4, -0.2) is 14.8 Å². The van der Waals surface area contributed by atoms with Crippen molar-refractivity contribution in [3.8, 4) is 5.69 Å². The number of rotatable bonds is 1. The van der Waals surface area contributed by atoms with Crippen LogP contribution in [-0.2, 0) is 0 Å². The molecular weight excluding hydrogens is 164 g/mol. The fourth-order valence-corrected chi connectivity index (χ4v) is 1.19. The number of hydrogen-bond donors (Lipinski definition) is 1. The lowest BCUT2D eigenvalue weighted by Crippen LogP contribution is -1.99. The van der Waals surface area contributed by atoms with Gasteiger partial charge >= 0.3 is 0 Å². The summed E-state index contributed by atoms with van der Waals surface area (Å²) in [5.41, 5.74) is 7.41. The second kappa shape index (κ2) is 2.90. The summed E-state index contributed by atoms with van der Waals surface area (Å²) in [6, 6.07) is 5.58. The number of aromatic nitrogens is 3. The van der Waals surface area contributed by atoms with Crippen molar-refractivity contribution in [1.82, 2.24) is 14.8 Å². The second-order valence-corrected chi connectivity index (χ2v) is 2.79. The van der Waals surface area contributed by atoms with Gasteiger partial charge in [0, 0.05) is 18.5 Å². The summed E-state index contributed by atoms with van der Waals surface area (Å²) in [7, 11) is 0. The number of hydrogen-bond acceptors (Lipinski definition) is 3. The summed E-state index contributed by atoms with van der Waals surface area (Å²) in [5.74, 6) is 0.517. The van der Waals surface area contributed by atoms with Crippen molar-refractivity contribution >= 4 is 5.82 Å². The number of anilines is 1. The summed E-state index contributed by atoms with van der Waals surface area (Å²) >= 11 is 0. The zero-order chi connectivity index (χ0) is 9.26. The molecule has 0 aliphatic rings. The molecule has 0 aliphatic heterocycles. The molecule has 66 valence electrons. The zero-order valence-corrected chi connectivity index (χ0v) is 7.31. The Bertz CT molecular complexity index is 419. The third kappa shape index (κ3) is 1.38. The first-order valence-corrected chi connectivity index (χ1v) is 4.00. The van der Waals surface area contributed by atoms with Gasteiger partial charge in [0.1, 0.15) is 5.82 Å². The van der Waals surface area contributed by atoms with E-state index in [1.54, 1.807) is 16.9 Å². The molecule has 2 rings (SSSR count). The predicted octanol–water partition coefficient (Wildman–Crippen LogP) is 1.16. The zero-order valence-electron chi connectivity index (χ0n) is 7.31. The molecule has 0 aliphatic carbocycles. The number of nitrogens with two attached hydrogens (primary N) is 1. The minimum atomic E-state index is 0.517. The van der Waals surface area contributed by atoms with Crippen LogP contribution in [0, 0.1) is 6.92 Å². The van der Waals surface area contributed by atoms with E-state index in [9.17, 15) is 0 Å². The number of nitrogen functional groups attached to an aromatic ring is 1. The van der Waals surface area contributed by atoms with Gasteiger partial charge in [-0.15, -0.1) is 0 Å². The molecule has 2 aromatic rings. The highest BCUT2D eigenvalue weighted by molar-refractivity contribution is 5.37. The lowest BCUT2D eigenvalue weighted by atomic mass is 10.3. The van der Waals surface area contributed by atoms with Gasteiger partial charge in [-0.2, -0.15) is 5.10 Å². The van der Waals surface area contributed by atoms with Crippen molar-refractivity contribution < 1.29 is 0 Å². The quantitative estimate of drug-likeness (QED) is 0.705. The lowest BCUT2D eigenvalue weighted by Gasteiger charge is -2.02. The summed E-state index contributed by atoms with van der Waals surface area (Å²) in [6.07, 6.45) is 3.57. The van der Waals surface area contributed by atoms with Gasteiger partial charge in [0.25, 0.3) is 0 Å². The SMILES string of the molecule is Cc1ncccc1-n1ccc(N)n1. The Kier molecular flexibility index (Phi) is 1.73.